The number of aliphatic hydroxyl groups is 1. The molecule has 0 fully saturated rings. The number of nitrogens with zero attached hydrogens (tertiary/aromatic N) is 2. The smallest absolute Gasteiger partial charge is 0.0846 e. The standard InChI is InChI=1S/C15H18N2O/c1-11(2)15-13(16-8-9-17-15)10-14(18)12-6-4-3-5-7-12/h3-9,11,14,18H,10H2,1-2H3. The molecule has 0 aliphatic rings. The Morgan fingerprint density at radius 1 is 1.06 bits per heavy atom. The number of hydrogen-bond donors (Lipinski definition) is 1. The summed E-state index contributed by atoms with van der Waals surface area (Å²) in [6.45, 7) is 4.17. The van der Waals surface area contributed by atoms with Crippen LogP contribution in [0.2, 0.25) is 0 Å². The van der Waals surface area contributed by atoms with E-state index >= 15 is 0 Å². The van der Waals surface area contributed by atoms with E-state index in [2.05, 4.69) is 23.8 Å². The number of aromatic nitrogens is 2. The van der Waals surface area contributed by atoms with Crippen LogP contribution < -0.4 is 0 Å². The molecular weight excluding hydrogens is 224 g/mol. The molecule has 1 atom stereocenters. The van der Waals surface area contributed by atoms with Crippen molar-refractivity contribution in [1.82, 2.24) is 9.97 Å². The van der Waals surface area contributed by atoms with Gasteiger partial charge in [0.05, 0.1) is 17.5 Å². The highest BCUT2D eigenvalue weighted by molar-refractivity contribution is 5.21. The fraction of sp³-hybridized carbons (Fsp3) is 0.333. The van der Waals surface area contributed by atoms with Gasteiger partial charge in [0.2, 0.25) is 0 Å². The average molecular weight is 242 g/mol. The van der Waals surface area contributed by atoms with Crippen molar-refractivity contribution >= 4 is 0 Å². The summed E-state index contributed by atoms with van der Waals surface area (Å²) in [4.78, 5) is 8.69. The molecule has 0 amide bonds. The third kappa shape index (κ3) is 2.93. The Hall–Kier alpha value is -1.74. The molecule has 2 rings (SSSR count). The molecule has 1 unspecified atom stereocenters. The van der Waals surface area contributed by atoms with E-state index in [0.717, 1.165) is 17.0 Å². The molecule has 0 bridgehead atoms. The van der Waals surface area contributed by atoms with Gasteiger partial charge in [0.25, 0.3) is 0 Å². The van der Waals surface area contributed by atoms with Gasteiger partial charge in [0.1, 0.15) is 0 Å². The zero-order valence-corrected chi connectivity index (χ0v) is 10.7. The van der Waals surface area contributed by atoms with E-state index in [-0.39, 0.29) is 0 Å². The third-order valence-electron chi connectivity index (χ3n) is 2.92. The minimum Gasteiger partial charge on any atom is -0.388 e. The zero-order chi connectivity index (χ0) is 13.0. The predicted molar refractivity (Wildman–Crippen MR) is 71.2 cm³/mol. The van der Waals surface area contributed by atoms with Gasteiger partial charge >= 0.3 is 0 Å². The molecule has 3 nitrogen and oxygen atoms in total. The van der Waals surface area contributed by atoms with Crippen LogP contribution in [0.4, 0.5) is 0 Å². The Bertz CT molecular complexity index is 497. The molecule has 1 aromatic heterocycles. The van der Waals surface area contributed by atoms with E-state index in [1.165, 1.54) is 0 Å². The lowest BCUT2D eigenvalue weighted by atomic mass is 10.00. The first kappa shape index (κ1) is 12.7. The molecule has 1 N–H and O–H groups in total. The molecule has 0 spiro atoms. The summed E-state index contributed by atoms with van der Waals surface area (Å²) >= 11 is 0. The minimum absolute atomic E-state index is 0.316. The molecule has 0 aliphatic carbocycles. The molecule has 18 heavy (non-hydrogen) atoms. The topological polar surface area (TPSA) is 46.0 Å². The van der Waals surface area contributed by atoms with Crippen LogP contribution in [0.5, 0.6) is 0 Å². The summed E-state index contributed by atoms with van der Waals surface area (Å²) in [7, 11) is 0. The summed E-state index contributed by atoms with van der Waals surface area (Å²) in [5.74, 6) is 0.316. The Kier molecular flexibility index (Phi) is 4.05. The fourth-order valence-corrected chi connectivity index (χ4v) is 1.99. The van der Waals surface area contributed by atoms with Crippen LogP contribution in [0.25, 0.3) is 0 Å². The predicted octanol–water partition coefficient (Wildman–Crippen LogP) is 2.88. The lowest BCUT2D eigenvalue weighted by molar-refractivity contribution is 0.176. The Morgan fingerprint density at radius 2 is 1.72 bits per heavy atom. The highest BCUT2D eigenvalue weighted by atomic mass is 16.3. The molecule has 3 heteroatoms. The monoisotopic (exact) mass is 242 g/mol. The maximum Gasteiger partial charge on any atom is 0.0846 e. The van der Waals surface area contributed by atoms with E-state index in [1.807, 2.05) is 30.3 Å². The van der Waals surface area contributed by atoms with Crippen molar-refractivity contribution in [2.45, 2.75) is 32.3 Å². The number of rotatable bonds is 4. The fourth-order valence-electron chi connectivity index (χ4n) is 1.99. The molecule has 0 saturated carbocycles. The van der Waals surface area contributed by atoms with Crippen LogP contribution in [0.15, 0.2) is 42.7 Å². The first-order chi connectivity index (χ1) is 8.68. The van der Waals surface area contributed by atoms with Crippen molar-refractivity contribution in [2.24, 2.45) is 0 Å². The summed E-state index contributed by atoms with van der Waals surface area (Å²) in [5.41, 5.74) is 2.76. The van der Waals surface area contributed by atoms with Crippen LogP contribution in [0.1, 0.15) is 42.8 Å². The molecule has 0 saturated heterocycles. The summed E-state index contributed by atoms with van der Waals surface area (Å²) in [6.07, 6.45) is 3.36. The summed E-state index contributed by atoms with van der Waals surface area (Å²) < 4.78 is 0. The van der Waals surface area contributed by atoms with E-state index < -0.39 is 6.10 Å². The van der Waals surface area contributed by atoms with Gasteiger partial charge in [-0.2, -0.15) is 0 Å². The van der Waals surface area contributed by atoms with E-state index in [1.54, 1.807) is 12.4 Å². The lowest BCUT2D eigenvalue weighted by Crippen LogP contribution is -2.08. The largest absolute Gasteiger partial charge is 0.388 e. The molecular formula is C15H18N2O. The van der Waals surface area contributed by atoms with Gasteiger partial charge < -0.3 is 5.11 Å². The van der Waals surface area contributed by atoms with Gasteiger partial charge in [-0.1, -0.05) is 44.2 Å². The summed E-state index contributed by atoms with van der Waals surface area (Å²) in [5, 5.41) is 10.2. The Labute approximate surface area is 108 Å². The quantitative estimate of drug-likeness (QED) is 0.896. The van der Waals surface area contributed by atoms with Crippen LogP contribution >= 0.6 is 0 Å². The van der Waals surface area contributed by atoms with Crippen molar-refractivity contribution in [3.05, 3.63) is 59.7 Å². The number of benzene rings is 1. The molecule has 2 aromatic rings. The first-order valence-corrected chi connectivity index (χ1v) is 6.21. The van der Waals surface area contributed by atoms with Gasteiger partial charge in [0.15, 0.2) is 0 Å². The van der Waals surface area contributed by atoms with Gasteiger partial charge in [-0.05, 0) is 11.5 Å². The third-order valence-corrected chi connectivity index (χ3v) is 2.92. The normalized spacial score (nSPS) is 12.7. The molecule has 1 heterocycles. The van der Waals surface area contributed by atoms with Crippen molar-refractivity contribution in [1.29, 1.82) is 0 Å². The van der Waals surface area contributed by atoms with Crippen LogP contribution in [0, 0.1) is 0 Å². The van der Waals surface area contributed by atoms with Crippen LogP contribution in [0.3, 0.4) is 0 Å². The summed E-state index contributed by atoms with van der Waals surface area (Å²) in [6, 6.07) is 9.65. The van der Waals surface area contributed by atoms with E-state index in [4.69, 9.17) is 0 Å². The highest BCUT2D eigenvalue weighted by Gasteiger charge is 2.14. The van der Waals surface area contributed by atoms with E-state index in [0.29, 0.717) is 12.3 Å². The lowest BCUT2D eigenvalue weighted by Gasteiger charge is -2.14. The zero-order valence-electron chi connectivity index (χ0n) is 10.7. The SMILES string of the molecule is CC(C)c1nccnc1CC(O)c1ccccc1. The molecule has 0 aliphatic heterocycles. The second-order valence-electron chi connectivity index (χ2n) is 4.67. The van der Waals surface area contributed by atoms with Crippen LogP contribution in [-0.4, -0.2) is 15.1 Å². The van der Waals surface area contributed by atoms with Gasteiger partial charge in [-0.3, -0.25) is 9.97 Å². The molecule has 1 aromatic carbocycles. The van der Waals surface area contributed by atoms with E-state index in [9.17, 15) is 5.11 Å². The van der Waals surface area contributed by atoms with Gasteiger partial charge in [-0.15, -0.1) is 0 Å². The highest BCUT2D eigenvalue weighted by Crippen LogP contribution is 2.21. The Morgan fingerprint density at radius 3 is 2.39 bits per heavy atom. The maximum absolute atomic E-state index is 10.2. The second-order valence-corrected chi connectivity index (χ2v) is 4.67. The van der Waals surface area contributed by atoms with Crippen molar-refractivity contribution < 1.29 is 5.11 Å². The van der Waals surface area contributed by atoms with Crippen molar-refractivity contribution in [3.8, 4) is 0 Å². The number of aliphatic hydroxyl groups excluding tert-OH is 1. The van der Waals surface area contributed by atoms with Crippen LogP contribution in [-0.2, 0) is 6.42 Å². The average Bonchev–Trinajstić information content (AvgIpc) is 2.40. The van der Waals surface area contributed by atoms with Gasteiger partial charge in [0, 0.05) is 18.8 Å². The number of hydrogen-bond acceptors (Lipinski definition) is 3. The van der Waals surface area contributed by atoms with Crippen molar-refractivity contribution in [3.63, 3.8) is 0 Å². The minimum atomic E-state index is -0.527. The van der Waals surface area contributed by atoms with Gasteiger partial charge in [-0.25, -0.2) is 0 Å². The second kappa shape index (κ2) is 5.74. The Balaban J connectivity index is 2.19. The van der Waals surface area contributed by atoms with Crippen molar-refractivity contribution in [2.75, 3.05) is 0 Å². The molecule has 94 valence electrons. The maximum atomic E-state index is 10.2. The first-order valence-electron chi connectivity index (χ1n) is 6.21. The molecule has 0 radical (unpaired) electrons.